The lowest BCUT2D eigenvalue weighted by atomic mass is 10.0. The smallest absolute Gasteiger partial charge is 0.267 e. The minimum Gasteiger partial charge on any atom is -0.274 e. The van der Waals surface area contributed by atoms with Gasteiger partial charge >= 0.3 is 0 Å². The fourth-order valence-electron chi connectivity index (χ4n) is 2.55. The van der Waals surface area contributed by atoms with Gasteiger partial charge in [0.15, 0.2) is 0 Å². The van der Waals surface area contributed by atoms with E-state index in [1.807, 2.05) is 42.5 Å². The molecule has 2 aromatic carbocycles. The van der Waals surface area contributed by atoms with E-state index in [4.69, 9.17) is 0 Å². The van der Waals surface area contributed by atoms with Crippen molar-refractivity contribution in [3.63, 3.8) is 0 Å². The predicted molar refractivity (Wildman–Crippen MR) is 81.9 cm³/mol. The van der Waals surface area contributed by atoms with Crippen molar-refractivity contribution in [2.75, 3.05) is 0 Å². The second-order valence-corrected chi connectivity index (χ2v) is 5.22. The molecule has 0 bridgehead atoms. The van der Waals surface area contributed by atoms with Crippen molar-refractivity contribution in [1.82, 2.24) is 4.90 Å². The monoisotopic (exact) mass is 293 g/mol. The molecular formula is C18H15NO3. The largest absolute Gasteiger partial charge is 0.274 e. The van der Waals surface area contributed by atoms with E-state index in [9.17, 15) is 14.4 Å². The maximum absolute atomic E-state index is 12.4. The number of rotatable bonds is 2. The van der Waals surface area contributed by atoms with E-state index in [0.29, 0.717) is 12.0 Å². The number of amides is 3. The van der Waals surface area contributed by atoms with Crippen LogP contribution in [0, 0.1) is 0 Å². The van der Waals surface area contributed by atoms with Crippen molar-refractivity contribution < 1.29 is 14.4 Å². The van der Waals surface area contributed by atoms with Gasteiger partial charge < -0.3 is 0 Å². The third-order valence-corrected chi connectivity index (χ3v) is 3.72. The first-order valence-corrected chi connectivity index (χ1v) is 7.22. The van der Waals surface area contributed by atoms with Gasteiger partial charge in [0.1, 0.15) is 0 Å². The summed E-state index contributed by atoms with van der Waals surface area (Å²) in [5.41, 5.74) is 2.38. The van der Waals surface area contributed by atoms with Crippen molar-refractivity contribution in [2.45, 2.75) is 19.3 Å². The summed E-state index contributed by atoms with van der Waals surface area (Å²) in [5.74, 6) is -1.35. The maximum Gasteiger partial charge on any atom is 0.267 e. The molecule has 0 radical (unpaired) electrons. The molecule has 0 spiro atoms. The van der Waals surface area contributed by atoms with Crippen molar-refractivity contribution in [3.8, 4) is 11.1 Å². The van der Waals surface area contributed by atoms with E-state index in [1.54, 1.807) is 12.1 Å². The highest BCUT2D eigenvalue weighted by molar-refractivity contribution is 6.17. The van der Waals surface area contributed by atoms with Crippen LogP contribution in [0.4, 0.5) is 0 Å². The number of imide groups is 3. The Morgan fingerprint density at radius 3 is 1.91 bits per heavy atom. The van der Waals surface area contributed by atoms with Crippen LogP contribution >= 0.6 is 0 Å². The molecule has 2 aromatic rings. The van der Waals surface area contributed by atoms with Gasteiger partial charge in [0.25, 0.3) is 5.91 Å². The number of piperidine rings is 1. The van der Waals surface area contributed by atoms with Gasteiger partial charge in [-0.25, -0.2) is 4.90 Å². The zero-order chi connectivity index (χ0) is 15.5. The van der Waals surface area contributed by atoms with Crippen LogP contribution in [0.1, 0.15) is 29.6 Å². The molecule has 1 aliphatic heterocycles. The maximum atomic E-state index is 12.4. The molecule has 3 amide bonds. The van der Waals surface area contributed by atoms with E-state index in [0.717, 1.165) is 16.0 Å². The standard InChI is InChI=1S/C18H15NO3/c20-16-7-4-8-17(21)19(16)18(22)15-11-9-14(10-12-15)13-5-2-1-3-6-13/h1-3,5-6,9-12H,4,7-8H2. The summed E-state index contributed by atoms with van der Waals surface area (Å²) in [4.78, 5) is 36.7. The predicted octanol–water partition coefficient (Wildman–Crippen LogP) is 3.03. The molecule has 0 aliphatic carbocycles. The van der Waals surface area contributed by atoms with Gasteiger partial charge in [-0.1, -0.05) is 42.5 Å². The molecule has 0 unspecified atom stereocenters. The van der Waals surface area contributed by atoms with Crippen LogP contribution in [0.2, 0.25) is 0 Å². The van der Waals surface area contributed by atoms with Crippen molar-refractivity contribution in [3.05, 3.63) is 60.2 Å². The second-order valence-electron chi connectivity index (χ2n) is 5.22. The average Bonchev–Trinajstić information content (AvgIpc) is 2.55. The first-order chi connectivity index (χ1) is 10.7. The zero-order valence-corrected chi connectivity index (χ0v) is 12.0. The Labute approximate surface area is 128 Å². The molecule has 0 N–H and O–H groups in total. The molecular weight excluding hydrogens is 278 g/mol. The SMILES string of the molecule is O=C1CCCC(=O)N1C(=O)c1ccc(-c2ccccc2)cc1. The molecule has 0 atom stereocenters. The lowest BCUT2D eigenvalue weighted by Gasteiger charge is -2.23. The fraction of sp³-hybridized carbons (Fsp3) is 0.167. The van der Waals surface area contributed by atoms with Crippen LogP contribution in [0.15, 0.2) is 54.6 Å². The highest BCUT2D eigenvalue weighted by atomic mass is 16.2. The normalized spacial score (nSPS) is 15.0. The van der Waals surface area contributed by atoms with Gasteiger partial charge in [-0.3, -0.25) is 14.4 Å². The number of hydrogen-bond donors (Lipinski definition) is 0. The third-order valence-electron chi connectivity index (χ3n) is 3.72. The van der Waals surface area contributed by atoms with Gasteiger partial charge in [0.2, 0.25) is 11.8 Å². The number of carbonyl (C=O) groups excluding carboxylic acids is 3. The van der Waals surface area contributed by atoms with Crippen molar-refractivity contribution >= 4 is 17.7 Å². The first-order valence-electron chi connectivity index (χ1n) is 7.22. The Balaban J connectivity index is 1.85. The Kier molecular flexibility index (Phi) is 3.83. The highest BCUT2D eigenvalue weighted by Gasteiger charge is 2.32. The number of nitrogens with zero attached hydrogens (tertiary/aromatic N) is 1. The van der Waals surface area contributed by atoms with E-state index >= 15 is 0 Å². The van der Waals surface area contributed by atoms with Gasteiger partial charge in [0, 0.05) is 18.4 Å². The summed E-state index contributed by atoms with van der Waals surface area (Å²) in [7, 11) is 0. The number of benzene rings is 2. The quantitative estimate of drug-likeness (QED) is 0.800. The molecule has 0 saturated carbocycles. The summed E-state index contributed by atoms with van der Waals surface area (Å²) in [6, 6.07) is 16.7. The van der Waals surface area contributed by atoms with Crippen LogP contribution in [0.5, 0.6) is 0 Å². The molecule has 1 heterocycles. The van der Waals surface area contributed by atoms with E-state index in [1.165, 1.54) is 0 Å². The zero-order valence-electron chi connectivity index (χ0n) is 12.0. The Bertz CT molecular complexity index is 704. The molecule has 0 aromatic heterocycles. The number of likely N-dealkylation sites (tertiary alicyclic amines) is 1. The second kappa shape index (κ2) is 5.93. The molecule has 1 saturated heterocycles. The fourth-order valence-corrected chi connectivity index (χ4v) is 2.55. The molecule has 110 valence electrons. The van der Waals surface area contributed by atoms with Crippen LogP contribution in [-0.2, 0) is 9.59 Å². The highest BCUT2D eigenvalue weighted by Crippen LogP contribution is 2.21. The third kappa shape index (κ3) is 2.68. The van der Waals surface area contributed by atoms with E-state index < -0.39 is 17.7 Å². The van der Waals surface area contributed by atoms with Gasteiger partial charge in [-0.2, -0.15) is 0 Å². The summed E-state index contributed by atoms with van der Waals surface area (Å²) in [6.45, 7) is 0. The molecule has 4 heteroatoms. The molecule has 1 aliphatic rings. The Morgan fingerprint density at radius 1 is 0.773 bits per heavy atom. The van der Waals surface area contributed by atoms with Gasteiger partial charge in [-0.15, -0.1) is 0 Å². The molecule has 1 fully saturated rings. The van der Waals surface area contributed by atoms with Crippen LogP contribution in [-0.4, -0.2) is 22.6 Å². The Hall–Kier alpha value is -2.75. The summed E-state index contributed by atoms with van der Waals surface area (Å²) in [5, 5.41) is 0. The minimum absolute atomic E-state index is 0.250. The van der Waals surface area contributed by atoms with Crippen LogP contribution < -0.4 is 0 Å². The van der Waals surface area contributed by atoms with Crippen LogP contribution in [0.3, 0.4) is 0 Å². The lowest BCUT2D eigenvalue weighted by molar-refractivity contribution is -0.144. The van der Waals surface area contributed by atoms with E-state index in [2.05, 4.69) is 0 Å². The van der Waals surface area contributed by atoms with Crippen molar-refractivity contribution in [1.29, 1.82) is 0 Å². The number of hydrogen-bond acceptors (Lipinski definition) is 3. The average molecular weight is 293 g/mol. The summed E-state index contributed by atoms with van der Waals surface area (Å²) < 4.78 is 0. The van der Waals surface area contributed by atoms with Gasteiger partial charge in [0.05, 0.1) is 0 Å². The van der Waals surface area contributed by atoms with Crippen LogP contribution in [0.25, 0.3) is 11.1 Å². The van der Waals surface area contributed by atoms with Gasteiger partial charge in [-0.05, 0) is 29.7 Å². The lowest BCUT2D eigenvalue weighted by Crippen LogP contribution is -2.44. The topological polar surface area (TPSA) is 54.5 Å². The molecule has 4 nitrogen and oxygen atoms in total. The number of carbonyl (C=O) groups is 3. The molecule has 22 heavy (non-hydrogen) atoms. The summed E-state index contributed by atoms with van der Waals surface area (Å²) in [6.07, 6.45) is 1.02. The minimum atomic E-state index is -0.533. The molecule has 3 rings (SSSR count). The van der Waals surface area contributed by atoms with E-state index in [-0.39, 0.29) is 12.8 Å². The Morgan fingerprint density at radius 2 is 1.32 bits per heavy atom. The summed E-state index contributed by atoms with van der Waals surface area (Å²) >= 11 is 0. The van der Waals surface area contributed by atoms with Crippen molar-refractivity contribution in [2.24, 2.45) is 0 Å². The first kappa shape index (κ1) is 14.2.